The molecular formula is C23H19N3O2. The van der Waals surface area contributed by atoms with Gasteiger partial charge in [0.15, 0.2) is 0 Å². The number of furan rings is 1. The molecular weight excluding hydrogens is 350 g/mol. The third kappa shape index (κ3) is 2.70. The first-order valence-electron chi connectivity index (χ1n) is 9.40. The van der Waals surface area contributed by atoms with Gasteiger partial charge in [-0.05, 0) is 36.1 Å². The van der Waals surface area contributed by atoms with Crippen LogP contribution in [-0.2, 0) is 13.0 Å². The molecule has 0 saturated heterocycles. The fraction of sp³-hybridized carbons (Fsp3) is 0.217. The Morgan fingerprint density at radius 1 is 1.21 bits per heavy atom. The molecule has 1 aliphatic rings. The third-order valence-electron chi connectivity index (χ3n) is 5.47. The molecule has 0 unspecified atom stereocenters. The van der Waals surface area contributed by atoms with Crippen molar-refractivity contribution in [2.24, 2.45) is 0 Å². The first kappa shape index (κ1) is 16.8. The van der Waals surface area contributed by atoms with Gasteiger partial charge in [-0.25, -0.2) is 4.98 Å². The lowest BCUT2D eigenvalue weighted by Crippen LogP contribution is -2.29. The average molecular weight is 369 g/mol. The first-order chi connectivity index (χ1) is 13.7. The van der Waals surface area contributed by atoms with Crippen LogP contribution in [0.25, 0.3) is 22.1 Å². The van der Waals surface area contributed by atoms with Gasteiger partial charge < -0.3 is 9.40 Å². The topological polar surface area (TPSA) is 62.1 Å². The summed E-state index contributed by atoms with van der Waals surface area (Å²) in [5, 5.41) is 0.847. The van der Waals surface area contributed by atoms with Gasteiger partial charge in [-0.3, -0.25) is 9.69 Å². The van der Waals surface area contributed by atoms with Crippen LogP contribution >= 0.6 is 0 Å². The number of aromatic amines is 1. The van der Waals surface area contributed by atoms with Gasteiger partial charge in [-0.2, -0.15) is 0 Å². The van der Waals surface area contributed by atoms with E-state index in [1.165, 1.54) is 11.1 Å². The number of rotatable bonds is 4. The van der Waals surface area contributed by atoms with Gasteiger partial charge in [0.25, 0.3) is 5.56 Å². The van der Waals surface area contributed by atoms with Crippen molar-refractivity contribution in [1.29, 1.82) is 0 Å². The monoisotopic (exact) mass is 369 g/mol. The minimum Gasteiger partial charge on any atom is -0.449 e. The van der Waals surface area contributed by atoms with E-state index >= 15 is 0 Å². The van der Waals surface area contributed by atoms with Crippen molar-refractivity contribution in [3.63, 3.8) is 0 Å². The summed E-state index contributed by atoms with van der Waals surface area (Å²) in [6, 6.07) is 16.3. The van der Waals surface area contributed by atoms with Crippen molar-refractivity contribution in [1.82, 2.24) is 14.9 Å². The van der Waals surface area contributed by atoms with Crippen LogP contribution in [0, 0.1) is 12.3 Å². The van der Waals surface area contributed by atoms with Gasteiger partial charge >= 0.3 is 0 Å². The predicted molar refractivity (Wildman–Crippen MR) is 109 cm³/mol. The maximum atomic E-state index is 12.6. The van der Waals surface area contributed by atoms with E-state index in [2.05, 4.69) is 40.1 Å². The van der Waals surface area contributed by atoms with Crippen LogP contribution in [0.1, 0.15) is 29.4 Å². The van der Waals surface area contributed by atoms with Gasteiger partial charge in [0.1, 0.15) is 16.9 Å². The summed E-state index contributed by atoms with van der Waals surface area (Å²) in [6.45, 7) is 0.973. The van der Waals surface area contributed by atoms with E-state index < -0.39 is 0 Å². The number of aryl methyl sites for hydroxylation is 1. The first-order valence-corrected chi connectivity index (χ1v) is 9.40. The zero-order chi connectivity index (χ0) is 19.1. The number of fused-ring (bicyclic) bond motifs is 4. The molecule has 2 heterocycles. The summed E-state index contributed by atoms with van der Waals surface area (Å²) >= 11 is 0. The lowest BCUT2D eigenvalue weighted by atomic mass is 10.1. The van der Waals surface area contributed by atoms with Gasteiger partial charge in [-0.1, -0.05) is 42.3 Å². The van der Waals surface area contributed by atoms with Crippen LogP contribution in [0.15, 0.2) is 57.7 Å². The Labute approximate surface area is 162 Å². The molecule has 0 saturated carbocycles. The van der Waals surface area contributed by atoms with Crippen LogP contribution in [0.4, 0.5) is 0 Å². The number of benzene rings is 2. The van der Waals surface area contributed by atoms with Crippen molar-refractivity contribution in [2.75, 3.05) is 6.54 Å². The van der Waals surface area contributed by atoms with E-state index in [9.17, 15) is 4.79 Å². The van der Waals surface area contributed by atoms with E-state index in [-0.39, 0.29) is 17.2 Å². The van der Waals surface area contributed by atoms with Crippen LogP contribution in [-0.4, -0.2) is 21.4 Å². The number of aromatic nitrogens is 2. The van der Waals surface area contributed by atoms with Gasteiger partial charge in [0.05, 0.1) is 13.1 Å². The Balaban J connectivity index is 1.55. The van der Waals surface area contributed by atoms with E-state index in [1.54, 1.807) is 0 Å². The van der Waals surface area contributed by atoms with Crippen molar-refractivity contribution in [3.05, 3.63) is 75.8 Å². The molecule has 5 heteroatoms. The Morgan fingerprint density at radius 3 is 2.93 bits per heavy atom. The fourth-order valence-corrected chi connectivity index (χ4v) is 4.22. The Morgan fingerprint density at radius 2 is 2.04 bits per heavy atom. The molecule has 1 N–H and O–H groups in total. The van der Waals surface area contributed by atoms with Crippen molar-refractivity contribution < 1.29 is 4.42 Å². The molecule has 1 aliphatic carbocycles. The third-order valence-corrected chi connectivity index (χ3v) is 5.47. The summed E-state index contributed by atoms with van der Waals surface area (Å²) in [6.07, 6.45) is 7.70. The van der Waals surface area contributed by atoms with Crippen LogP contribution in [0.2, 0.25) is 0 Å². The Bertz CT molecular complexity index is 1280. The molecule has 2 aromatic heterocycles. The molecule has 0 aliphatic heterocycles. The molecule has 0 fully saturated rings. The van der Waals surface area contributed by atoms with Crippen molar-refractivity contribution >= 4 is 22.1 Å². The Hall–Kier alpha value is -3.36. The zero-order valence-electron chi connectivity index (χ0n) is 15.3. The fourth-order valence-electron chi connectivity index (χ4n) is 4.22. The summed E-state index contributed by atoms with van der Waals surface area (Å²) in [5.74, 6) is 3.36. The highest BCUT2D eigenvalue weighted by molar-refractivity contribution is 6.01. The van der Waals surface area contributed by atoms with E-state index in [0.29, 0.717) is 30.0 Å². The molecule has 0 bridgehead atoms. The number of nitrogens with one attached hydrogen (secondary N) is 1. The SMILES string of the molecule is C#CCN(Cc1nc2c(oc3ccccc32)c(=O)[nH]1)[C@H]1CCc2ccccc21. The summed E-state index contributed by atoms with van der Waals surface area (Å²) in [7, 11) is 0. The van der Waals surface area contributed by atoms with Crippen molar-refractivity contribution in [3.8, 4) is 12.3 Å². The van der Waals surface area contributed by atoms with E-state index in [1.807, 2.05) is 24.3 Å². The number of terminal acetylenes is 1. The molecule has 138 valence electrons. The summed E-state index contributed by atoms with van der Waals surface area (Å²) in [4.78, 5) is 22.4. The molecule has 0 amide bonds. The zero-order valence-corrected chi connectivity index (χ0v) is 15.3. The standard InChI is InChI=1S/C23H19N3O2/c1-2-13-26(18-12-11-15-7-3-4-8-16(15)18)14-20-24-21-17-9-5-6-10-19(17)28-22(21)23(27)25-20/h1,3-10,18H,11-14H2,(H,24,25,27)/t18-/m0/s1. The molecule has 28 heavy (non-hydrogen) atoms. The van der Waals surface area contributed by atoms with Gasteiger partial charge in [-0.15, -0.1) is 6.42 Å². The lowest BCUT2D eigenvalue weighted by molar-refractivity contribution is 0.208. The molecule has 5 nitrogen and oxygen atoms in total. The predicted octanol–water partition coefficient (Wildman–Crippen LogP) is 3.79. The molecule has 0 radical (unpaired) electrons. The van der Waals surface area contributed by atoms with Crippen LogP contribution in [0.3, 0.4) is 0 Å². The number of para-hydroxylation sites is 1. The minimum absolute atomic E-state index is 0.231. The second-order valence-electron chi connectivity index (χ2n) is 7.15. The quantitative estimate of drug-likeness (QED) is 0.556. The number of hydrogen-bond donors (Lipinski definition) is 1. The summed E-state index contributed by atoms with van der Waals surface area (Å²) < 4.78 is 5.68. The normalized spacial score (nSPS) is 15.9. The molecule has 5 rings (SSSR count). The van der Waals surface area contributed by atoms with Crippen molar-refractivity contribution in [2.45, 2.75) is 25.4 Å². The maximum absolute atomic E-state index is 12.6. The molecule has 0 spiro atoms. The second-order valence-corrected chi connectivity index (χ2v) is 7.15. The largest absolute Gasteiger partial charge is 0.449 e. The maximum Gasteiger partial charge on any atom is 0.294 e. The highest BCUT2D eigenvalue weighted by atomic mass is 16.3. The minimum atomic E-state index is -0.260. The summed E-state index contributed by atoms with van der Waals surface area (Å²) in [5.41, 5.74) is 3.95. The van der Waals surface area contributed by atoms with Crippen LogP contribution < -0.4 is 5.56 Å². The van der Waals surface area contributed by atoms with E-state index in [0.717, 1.165) is 18.2 Å². The smallest absolute Gasteiger partial charge is 0.294 e. The lowest BCUT2D eigenvalue weighted by Gasteiger charge is -2.27. The highest BCUT2D eigenvalue weighted by Crippen LogP contribution is 2.36. The molecule has 2 aromatic carbocycles. The second kappa shape index (κ2) is 6.66. The number of H-pyrrole nitrogens is 1. The highest BCUT2D eigenvalue weighted by Gasteiger charge is 2.28. The average Bonchev–Trinajstić information content (AvgIpc) is 3.30. The van der Waals surface area contributed by atoms with Gasteiger partial charge in [0.2, 0.25) is 5.58 Å². The molecule has 1 atom stereocenters. The van der Waals surface area contributed by atoms with Crippen LogP contribution in [0.5, 0.6) is 0 Å². The number of hydrogen-bond acceptors (Lipinski definition) is 4. The molecule has 4 aromatic rings. The Kier molecular flexibility index (Phi) is 4.00. The van der Waals surface area contributed by atoms with Gasteiger partial charge in [0, 0.05) is 11.4 Å². The number of nitrogens with zero attached hydrogens (tertiary/aromatic N) is 2. The van der Waals surface area contributed by atoms with E-state index in [4.69, 9.17) is 15.8 Å².